The molecule has 1 amide bonds. The Hall–Kier alpha value is -3.54. The van der Waals surface area contributed by atoms with Gasteiger partial charge < -0.3 is 4.90 Å². The zero-order valence-corrected chi connectivity index (χ0v) is 15.7. The summed E-state index contributed by atoms with van der Waals surface area (Å²) in [6.07, 6.45) is 3.56. The minimum Gasteiger partial charge on any atom is -0.335 e. The molecule has 3 heterocycles. The molecule has 29 heavy (non-hydrogen) atoms. The van der Waals surface area contributed by atoms with E-state index in [9.17, 15) is 4.79 Å². The molecule has 6 heteroatoms. The van der Waals surface area contributed by atoms with Gasteiger partial charge in [-0.05, 0) is 29.8 Å². The highest BCUT2D eigenvalue weighted by Crippen LogP contribution is 2.36. The molecule has 0 aliphatic carbocycles. The van der Waals surface area contributed by atoms with E-state index >= 15 is 4.39 Å². The summed E-state index contributed by atoms with van der Waals surface area (Å²) >= 11 is 0. The molecule has 0 radical (unpaired) electrons. The second-order valence-corrected chi connectivity index (χ2v) is 7.32. The summed E-state index contributed by atoms with van der Waals surface area (Å²) < 4.78 is 17.2. The first-order valence-electron chi connectivity index (χ1n) is 9.56. The third-order valence-corrected chi connectivity index (χ3v) is 5.49. The Labute approximate surface area is 167 Å². The molecular weight excluding hydrogens is 367 g/mol. The van der Waals surface area contributed by atoms with Crippen molar-refractivity contribution in [1.82, 2.24) is 19.4 Å². The van der Waals surface area contributed by atoms with Crippen LogP contribution in [0.4, 0.5) is 4.39 Å². The Kier molecular flexibility index (Phi) is 4.12. The Morgan fingerprint density at radius 2 is 1.76 bits per heavy atom. The predicted molar refractivity (Wildman–Crippen MR) is 109 cm³/mol. The largest absolute Gasteiger partial charge is 0.335 e. The van der Waals surface area contributed by atoms with Crippen molar-refractivity contribution in [1.29, 1.82) is 0 Å². The van der Waals surface area contributed by atoms with E-state index < -0.39 is 5.67 Å². The number of alkyl halides is 1. The van der Waals surface area contributed by atoms with Crippen LogP contribution in [-0.4, -0.2) is 38.4 Å². The summed E-state index contributed by atoms with van der Waals surface area (Å²) in [4.78, 5) is 23.2. The Balaban J connectivity index is 1.36. The molecule has 0 saturated carbocycles. The van der Waals surface area contributed by atoms with Crippen molar-refractivity contribution in [3.8, 4) is 5.82 Å². The third-order valence-electron chi connectivity index (χ3n) is 5.49. The van der Waals surface area contributed by atoms with Gasteiger partial charge in [0.2, 0.25) is 0 Å². The molecule has 0 bridgehead atoms. The van der Waals surface area contributed by atoms with Crippen LogP contribution in [0, 0.1) is 0 Å². The van der Waals surface area contributed by atoms with Gasteiger partial charge in [0.05, 0.1) is 23.1 Å². The van der Waals surface area contributed by atoms with Crippen LogP contribution in [0.2, 0.25) is 0 Å². The van der Waals surface area contributed by atoms with Crippen molar-refractivity contribution in [3.63, 3.8) is 0 Å². The molecular formula is C23H19FN4O. The molecule has 1 atom stereocenters. The van der Waals surface area contributed by atoms with Crippen molar-refractivity contribution in [2.45, 2.75) is 12.1 Å². The number of pyridine rings is 1. The summed E-state index contributed by atoms with van der Waals surface area (Å²) in [5, 5.41) is 0. The molecule has 144 valence electrons. The zero-order valence-electron chi connectivity index (χ0n) is 15.7. The maximum absolute atomic E-state index is 15.3. The number of benzene rings is 2. The van der Waals surface area contributed by atoms with E-state index in [2.05, 4.69) is 9.97 Å². The lowest BCUT2D eigenvalue weighted by atomic mass is 9.95. The van der Waals surface area contributed by atoms with Crippen molar-refractivity contribution < 1.29 is 9.18 Å². The highest BCUT2D eigenvalue weighted by atomic mass is 19.1. The van der Waals surface area contributed by atoms with Crippen LogP contribution in [-0.2, 0) is 5.67 Å². The predicted octanol–water partition coefficient (Wildman–Crippen LogP) is 4.13. The number of rotatable bonds is 3. The van der Waals surface area contributed by atoms with Gasteiger partial charge in [-0.15, -0.1) is 0 Å². The number of hydrogen-bond acceptors (Lipinski definition) is 3. The number of aromatic nitrogens is 3. The average Bonchev–Trinajstić information content (AvgIpc) is 3.39. The second kappa shape index (κ2) is 6.81. The fourth-order valence-corrected chi connectivity index (χ4v) is 3.90. The first kappa shape index (κ1) is 17.6. The molecule has 5 nitrogen and oxygen atoms in total. The minimum atomic E-state index is -1.50. The van der Waals surface area contributed by atoms with Crippen molar-refractivity contribution in [3.05, 3.63) is 90.4 Å². The molecule has 2 aromatic heterocycles. The molecule has 1 aliphatic rings. The number of nitrogens with zero attached hydrogens (tertiary/aromatic N) is 4. The number of hydrogen-bond donors (Lipinski definition) is 0. The maximum Gasteiger partial charge on any atom is 0.255 e. The Bertz CT molecular complexity index is 1170. The van der Waals surface area contributed by atoms with Gasteiger partial charge in [0.25, 0.3) is 5.91 Å². The van der Waals surface area contributed by atoms with Gasteiger partial charge in [-0.1, -0.05) is 42.5 Å². The zero-order chi connectivity index (χ0) is 19.8. The van der Waals surface area contributed by atoms with Gasteiger partial charge in [-0.25, -0.2) is 14.4 Å². The lowest BCUT2D eigenvalue weighted by Gasteiger charge is -2.21. The first-order valence-corrected chi connectivity index (χ1v) is 9.56. The van der Waals surface area contributed by atoms with Crippen LogP contribution >= 0.6 is 0 Å². The highest BCUT2D eigenvalue weighted by Gasteiger charge is 2.41. The van der Waals surface area contributed by atoms with E-state index in [1.54, 1.807) is 41.7 Å². The number of para-hydroxylation sites is 2. The topological polar surface area (TPSA) is 51.0 Å². The number of amides is 1. The fraction of sp³-hybridized carbons (Fsp3) is 0.174. The monoisotopic (exact) mass is 386 g/mol. The minimum absolute atomic E-state index is 0.0593. The number of likely N-dealkylation sites (tertiary alicyclic amines) is 1. The number of halogens is 1. The van der Waals surface area contributed by atoms with E-state index in [1.165, 1.54) is 0 Å². The van der Waals surface area contributed by atoms with Crippen LogP contribution in [0.25, 0.3) is 16.9 Å². The smallest absolute Gasteiger partial charge is 0.255 e. The molecule has 1 fully saturated rings. The van der Waals surface area contributed by atoms with E-state index in [0.717, 1.165) is 11.0 Å². The van der Waals surface area contributed by atoms with Crippen LogP contribution in [0.3, 0.4) is 0 Å². The number of carbonyl (C=O) groups is 1. The number of fused-ring (bicyclic) bond motifs is 1. The molecule has 1 aliphatic heterocycles. The van der Waals surface area contributed by atoms with Gasteiger partial charge >= 0.3 is 0 Å². The van der Waals surface area contributed by atoms with Crippen LogP contribution in [0.15, 0.2) is 79.3 Å². The van der Waals surface area contributed by atoms with E-state index in [1.807, 2.05) is 47.0 Å². The van der Waals surface area contributed by atoms with E-state index in [4.69, 9.17) is 0 Å². The van der Waals surface area contributed by atoms with Gasteiger partial charge in [-0.3, -0.25) is 9.36 Å². The normalized spacial score (nSPS) is 19.0. The van der Waals surface area contributed by atoms with Gasteiger partial charge in [0, 0.05) is 19.2 Å². The SMILES string of the molecule is O=C(c1ccc(-n2cnc3ccccc32)nc1)N1CCC(F)(c2ccccc2)C1. The van der Waals surface area contributed by atoms with Crippen LogP contribution in [0.5, 0.6) is 0 Å². The molecule has 1 unspecified atom stereocenters. The Morgan fingerprint density at radius 1 is 0.966 bits per heavy atom. The second-order valence-electron chi connectivity index (χ2n) is 7.32. The van der Waals surface area contributed by atoms with E-state index in [0.29, 0.717) is 29.9 Å². The standard InChI is InChI=1S/C23H19FN4O/c24-23(18-6-2-1-3-7-18)12-13-27(15-23)22(29)17-10-11-21(25-14-17)28-16-26-19-8-4-5-9-20(19)28/h1-11,14,16H,12-13,15H2. The lowest BCUT2D eigenvalue weighted by Crippen LogP contribution is -2.32. The molecule has 0 spiro atoms. The van der Waals surface area contributed by atoms with Gasteiger partial charge in [0.15, 0.2) is 5.67 Å². The van der Waals surface area contributed by atoms with Crippen molar-refractivity contribution >= 4 is 16.9 Å². The Morgan fingerprint density at radius 3 is 2.55 bits per heavy atom. The third kappa shape index (κ3) is 3.06. The molecule has 0 N–H and O–H groups in total. The van der Waals surface area contributed by atoms with E-state index in [-0.39, 0.29) is 12.5 Å². The lowest BCUT2D eigenvalue weighted by molar-refractivity contribution is 0.0750. The fourth-order valence-electron chi connectivity index (χ4n) is 3.90. The van der Waals surface area contributed by atoms with Crippen LogP contribution in [0.1, 0.15) is 22.3 Å². The van der Waals surface area contributed by atoms with Crippen LogP contribution < -0.4 is 0 Å². The van der Waals surface area contributed by atoms with Crippen molar-refractivity contribution in [2.75, 3.05) is 13.1 Å². The summed E-state index contributed by atoms with van der Waals surface area (Å²) in [5.74, 6) is 0.482. The molecule has 2 aromatic carbocycles. The average molecular weight is 386 g/mol. The summed E-state index contributed by atoms with van der Waals surface area (Å²) in [6.45, 7) is 0.446. The highest BCUT2D eigenvalue weighted by molar-refractivity contribution is 5.94. The summed E-state index contributed by atoms with van der Waals surface area (Å²) in [6, 6.07) is 20.4. The number of imidazole rings is 1. The first-order chi connectivity index (χ1) is 14.1. The molecule has 4 aromatic rings. The van der Waals surface area contributed by atoms with Gasteiger partial charge in [0.1, 0.15) is 12.1 Å². The molecule has 1 saturated heterocycles. The maximum atomic E-state index is 15.3. The quantitative estimate of drug-likeness (QED) is 0.532. The van der Waals surface area contributed by atoms with Crippen molar-refractivity contribution in [2.24, 2.45) is 0 Å². The van der Waals surface area contributed by atoms with Gasteiger partial charge in [-0.2, -0.15) is 0 Å². The summed E-state index contributed by atoms with van der Waals surface area (Å²) in [7, 11) is 0. The number of carbonyl (C=O) groups excluding carboxylic acids is 1. The molecule has 5 rings (SSSR count). The summed E-state index contributed by atoms with van der Waals surface area (Å²) in [5.41, 5.74) is 1.40.